The average Bonchev–Trinajstić information content (AvgIpc) is 3.04. The van der Waals surface area contributed by atoms with Crippen LogP contribution in [0.2, 0.25) is 5.02 Å². The molecule has 1 aliphatic rings. The number of rotatable bonds is 2. The molecule has 1 aromatic heterocycles. The second kappa shape index (κ2) is 3.74. The van der Waals surface area contributed by atoms with Gasteiger partial charge in [0, 0.05) is 29.2 Å². The van der Waals surface area contributed by atoms with Gasteiger partial charge in [0.15, 0.2) is 11.6 Å². The van der Waals surface area contributed by atoms with E-state index >= 15 is 0 Å². The fraction of sp³-hybridized carbons (Fsp3) is 0.333. The molecule has 5 heteroatoms. The maximum atomic E-state index is 5.96. The van der Waals surface area contributed by atoms with Gasteiger partial charge in [0.2, 0.25) is 0 Å². The zero-order valence-corrected chi connectivity index (χ0v) is 10.3. The molecule has 1 saturated carbocycles. The molecule has 1 aliphatic carbocycles. The third-order valence-electron chi connectivity index (χ3n) is 2.98. The fourth-order valence-electron chi connectivity index (χ4n) is 1.89. The molecule has 0 bridgehead atoms. The van der Waals surface area contributed by atoms with Gasteiger partial charge in [-0.3, -0.25) is 0 Å². The summed E-state index contributed by atoms with van der Waals surface area (Å²) in [4.78, 5) is 4.56. The number of nitrogen functional groups attached to an aromatic ring is 1. The molecule has 4 nitrogen and oxygen atoms in total. The summed E-state index contributed by atoms with van der Waals surface area (Å²) >= 11 is 5.89. The summed E-state index contributed by atoms with van der Waals surface area (Å²) in [5.41, 5.74) is 7.48. The Bertz CT molecular complexity index is 572. The molecular weight excluding hydrogens is 236 g/mol. The lowest BCUT2D eigenvalue weighted by Crippen LogP contribution is -1.98. The van der Waals surface area contributed by atoms with E-state index < -0.39 is 0 Å². The van der Waals surface area contributed by atoms with Gasteiger partial charge in [-0.05, 0) is 31.0 Å². The van der Waals surface area contributed by atoms with Crippen molar-refractivity contribution in [3.05, 3.63) is 29.0 Å². The molecule has 3 rings (SSSR count). The first-order valence-electron chi connectivity index (χ1n) is 5.61. The van der Waals surface area contributed by atoms with Gasteiger partial charge in [-0.1, -0.05) is 11.6 Å². The van der Waals surface area contributed by atoms with Gasteiger partial charge in [-0.25, -0.2) is 9.67 Å². The normalized spacial score (nSPS) is 15.2. The van der Waals surface area contributed by atoms with Crippen molar-refractivity contribution in [2.24, 2.45) is 7.05 Å². The third kappa shape index (κ3) is 1.89. The zero-order chi connectivity index (χ0) is 12.0. The number of aromatic nitrogens is 3. The van der Waals surface area contributed by atoms with Crippen LogP contribution in [0.25, 0.3) is 11.4 Å². The second-order valence-corrected chi connectivity index (χ2v) is 4.86. The minimum absolute atomic E-state index is 0.545. The van der Waals surface area contributed by atoms with Crippen molar-refractivity contribution in [2.45, 2.75) is 18.8 Å². The standard InChI is InChI=1S/C12H13ClN4/c1-17-12(15-11(16-17)7-2-3-7)9-5-4-8(13)6-10(9)14/h4-7H,2-3,14H2,1H3. The number of benzene rings is 1. The molecule has 17 heavy (non-hydrogen) atoms. The van der Waals surface area contributed by atoms with Gasteiger partial charge < -0.3 is 5.73 Å². The molecule has 0 unspecified atom stereocenters. The van der Waals surface area contributed by atoms with Crippen molar-refractivity contribution in [3.8, 4) is 11.4 Å². The van der Waals surface area contributed by atoms with Crippen molar-refractivity contribution in [3.63, 3.8) is 0 Å². The van der Waals surface area contributed by atoms with E-state index in [9.17, 15) is 0 Å². The number of anilines is 1. The first kappa shape index (κ1) is 10.6. The number of halogens is 1. The second-order valence-electron chi connectivity index (χ2n) is 4.42. The molecule has 0 atom stereocenters. The van der Waals surface area contributed by atoms with E-state index in [2.05, 4.69) is 10.1 Å². The van der Waals surface area contributed by atoms with Crippen LogP contribution in [-0.4, -0.2) is 14.8 Å². The van der Waals surface area contributed by atoms with E-state index in [1.54, 1.807) is 10.7 Å². The summed E-state index contributed by atoms with van der Waals surface area (Å²) < 4.78 is 1.78. The van der Waals surface area contributed by atoms with Crippen LogP contribution < -0.4 is 5.73 Å². The topological polar surface area (TPSA) is 56.7 Å². The molecule has 0 saturated heterocycles. The molecule has 0 aliphatic heterocycles. The Balaban J connectivity index is 2.07. The Morgan fingerprint density at radius 3 is 2.82 bits per heavy atom. The largest absolute Gasteiger partial charge is 0.398 e. The molecule has 0 amide bonds. The Morgan fingerprint density at radius 2 is 2.18 bits per heavy atom. The molecule has 1 fully saturated rings. The number of nitrogens with zero attached hydrogens (tertiary/aromatic N) is 3. The molecular formula is C12H13ClN4. The van der Waals surface area contributed by atoms with Gasteiger partial charge in [0.1, 0.15) is 0 Å². The van der Waals surface area contributed by atoms with Crippen LogP contribution in [-0.2, 0) is 7.05 Å². The highest BCUT2D eigenvalue weighted by Gasteiger charge is 2.28. The first-order chi connectivity index (χ1) is 8.15. The highest BCUT2D eigenvalue weighted by atomic mass is 35.5. The summed E-state index contributed by atoms with van der Waals surface area (Å²) in [5.74, 6) is 2.28. The van der Waals surface area contributed by atoms with E-state index in [1.165, 1.54) is 12.8 Å². The lowest BCUT2D eigenvalue weighted by atomic mass is 10.1. The molecule has 0 spiro atoms. The Morgan fingerprint density at radius 1 is 1.41 bits per heavy atom. The monoisotopic (exact) mass is 248 g/mol. The summed E-state index contributed by atoms with van der Waals surface area (Å²) in [5, 5.41) is 5.06. The van der Waals surface area contributed by atoms with E-state index in [1.807, 2.05) is 19.2 Å². The molecule has 2 N–H and O–H groups in total. The number of aryl methyl sites for hydroxylation is 1. The average molecular weight is 249 g/mol. The Labute approximate surface area is 104 Å². The predicted molar refractivity (Wildman–Crippen MR) is 67.8 cm³/mol. The van der Waals surface area contributed by atoms with Crippen LogP contribution in [0.5, 0.6) is 0 Å². The minimum Gasteiger partial charge on any atom is -0.398 e. The van der Waals surface area contributed by atoms with Gasteiger partial charge in [-0.15, -0.1) is 0 Å². The Kier molecular flexibility index (Phi) is 2.33. The Hall–Kier alpha value is -1.55. The lowest BCUT2D eigenvalue weighted by Gasteiger charge is -2.04. The van der Waals surface area contributed by atoms with E-state index in [-0.39, 0.29) is 0 Å². The summed E-state index contributed by atoms with van der Waals surface area (Å²) in [6.45, 7) is 0. The first-order valence-corrected chi connectivity index (χ1v) is 5.99. The van der Waals surface area contributed by atoms with Gasteiger partial charge in [0.05, 0.1) is 0 Å². The maximum Gasteiger partial charge on any atom is 0.160 e. The highest BCUT2D eigenvalue weighted by Crippen LogP contribution is 2.39. The molecule has 2 aromatic rings. The van der Waals surface area contributed by atoms with Crippen molar-refractivity contribution in [2.75, 3.05) is 5.73 Å². The maximum absolute atomic E-state index is 5.96. The van der Waals surface area contributed by atoms with Crippen molar-refractivity contribution in [1.29, 1.82) is 0 Å². The van der Waals surface area contributed by atoms with Crippen molar-refractivity contribution in [1.82, 2.24) is 14.8 Å². The number of hydrogen-bond donors (Lipinski definition) is 1. The molecule has 88 valence electrons. The van der Waals surface area contributed by atoms with Gasteiger partial charge >= 0.3 is 0 Å². The predicted octanol–water partition coefficient (Wildman–Crippen LogP) is 2.60. The highest BCUT2D eigenvalue weighted by molar-refractivity contribution is 6.31. The summed E-state index contributed by atoms with van der Waals surface area (Å²) in [7, 11) is 1.89. The van der Waals surface area contributed by atoms with Crippen molar-refractivity contribution < 1.29 is 0 Å². The number of nitrogens with two attached hydrogens (primary N) is 1. The lowest BCUT2D eigenvalue weighted by molar-refractivity contribution is 0.750. The molecule has 0 radical (unpaired) electrons. The van der Waals surface area contributed by atoms with E-state index in [0.29, 0.717) is 16.6 Å². The van der Waals surface area contributed by atoms with Crippen LogP contribution in [0, 0.1) is 0 Å². The quantitative estimate of drug-likeness (QED) is 0.831. The van der Waals surface area contributed by atoms with Gasteiger partial charge in [0.25, 0.3) is 0 Å². The van der Waals surface area contributed by atoms with E-state index in [4.69, 9.17) is 17.3 Å². The summed E-state index contributed by atoms with van der Waals surface area (Å²) in [6, 6.07) is 5.44. The smallest absolute Gasteiger partial charge is 0.160 e. The zero-order valence-electron chi connectivity index (χ0n) is 9.52. The summed E-state index contributed by atoms with van der Waals surface area (Å²) in [6.07, 6.45) is 2.39. The van der Waals surface area contributed by atoms with Crippen LogP contribution in [0.15, 0.2) is 18.2 Å². The van der Waals surface area contributed by atoms with Gasteiger partial charge in [-0.2, -0.15) is 5.10 Å². The van der Waals surface area contributed by atoms with Crippen molar-refractivity contribution >= 4 is 17.3 Å². The van der Waals surface area contributed by atoms with Crippen LogP contribution in [0.1, 0.15) is 24.6 Å². The van der Waals surface area contributed by atoms with Crippen LogP contribution in [0.4, 0.5) is 5.69 Å². The van der Waals surface area contributed by atoms with E-state index in [0.717, 1.165) is 17.2 Å². The SMILES string of the molecule is Cn1nc(C2CC2)nc1-c1ccc(Cl)cc1N. The van der Waals surface area contributed by atoms with Crippen LogP contribution in [0.3, 0.4) is 0 Å². The molecule has 1 aromatic carbocycles. The number of hydrogen-bond acceptors (Lipinski definition) is 3. The fourth-order valence-corrected chi connectivity index (χ4v) is 2.07. The van der Waals surface area contributed by atoms with Crippen LogP contribution >= 0.6 is 11.6 Å². The third-order valence-corrected chi connectivity index (χ3v) is 3.21. The molecule has 1 heterocycles. The minimum atomic E-state index is 0.545.